The summed E-state index contributed by atoms with van der Waals surface area (Å²) in [6.45, 7) is 6.25. The normalized spacial score (nSPS) is 13.0. The molecule has 0 aliphatic rings. The Morgan fingerprint density at radius 1 is 0.407 bits per heavy atom. The van der Waals surface area contributed by atoms with E-state index in [1.165, 1.54) is 44.9 Å². The molecule has 6 heteroatoms. The van der Waals surface area contributed by atoms with Crippen LogP contribution in [0.1, 0.15) is 168 Å². The zero-order valence-electron chi connectivity index (χ0n) is 34.4. The Kier molecular flexibility index (Phi) is 39.2. The van der Waals surface area contributed by atoms with E-state index in [1.807, 2.05) is 60.8 Å². The Hall–Kier alpha value is -3.67. The van der Waals surface area contributed by atoms with Crippen molar-refractivity contribution in [3.05, 3.63) is 97.2 Å². The van der Waals surface area contributed by atoms with Crippen LogP contribution in [0.3, 0.4) is 0 Å². The van der Waals surface area contributed by atoms with Gasteiger partial charge >= 0.3 is 17.9 Å². The minimum Gasteiger partial charge on any atom is -0.462 e. The van der Waals surface area contributed by atoms with Gasteiger partial charge < -0.3 is 14.2 Å². The van der Waals surface area contributed by atoms with E-state index >= 15 is 0 Å². The van der Waals surface area contributed by atoms with E-state index in [1.54, 1.807) is 0 Å². The summed E-state index contributed by atoms with van der Waals surface area (Å²) in [7, 11) is 0. The molecule has 1 unspecified atom stereocenters. The molecule has 0 N–H and O–H groups in total. The lowest BCUT2D eigenvalue weighted by atomic mass is 10.1. The summed E-state index contributed by atoms with van der Waals surface area (Å²) >= 11 is 0. The van der Waals surface area contributed by atoms with E-state index in [9.17, 15) is 14.4 Å². The van der Waals surface area contributed by atoms with E-state index in [0.717, 1.165) is 83.5 Å². The van der Waals surface area contributed by atoms with Crippen LogP contribution >= 0.6 is 0 Å². The van der Waals surface area contributed by atoms with Gasteiger partial charge in [-0.25, -0.2) is 0 Å². The Morgan fingerprint density at radius 3 is 1.37 bits per heavy atom. The van der Waals surface area contributed by atoms with Crippen molar-refractivity contribution in [2.24, 2.45) is 0 Å². The lowest BCUT2D eigenvalue weighted by Gasteiger charge is -2.18. The molecule has 54 heavy (non-hydrogen) atoms. The molecule has 0 fully saturated rings. The molecule has 0 spiro atoms. The van der Waals surface area contributed by atoms with Crippen molar-refractivity contribution in [2.75, 3.05) is 13.2 Å². The zero-order chi connectivity index (χ0) is 39.4. The fraction of sp³-hybridized carbons (Fsp3) is 0.604. The van der Waals surface area contributed by atoms with Gasteiger partial charge in [0.1, 0.15) is 13.2 Å². The standard InChI is InChI=1S/C48H76O6/c1-4-7-10-13-16-19-21-22-23-24-25-26-27-30-32-35-38-41-47(50)53-44-45(43-52-46(49)40-37-34-31-28-18-15-12-9-6-3)54-48(51)42-39-36-33-29-20-17-14-11-8-5-2/h7,9-10,12-13,16,18-19,21-28,45H,4-6,8,11,14-15,17,20,29-44H2,1-3H3/b10-7-,12-9-,16-13-,21-19-,23-22-,25-24+,27-26-,28-18-. The van der Waals surface area contributed by atoms with Crippen molar-refractivity contribution in [1.29, 1.82) is 0 Å². The average Bonchev–Trinajstić information content (AvgIpc) is 3.17. The van der Waals surface area contributed by atoms with Crippen LogP contribution in [0, 0.1) is 0 Å². The first-order valence-corrected chi connectivity index (χ1v) is 21.3. The van der Waals surface area contributed by atoms with Crippen LogP contribution in [-0.4, -0.2) is 37.2 Å². The molecule has 0 aromatic heterocycles. The molecule has 0 aromatic rings. The monoisotopic (exact) mass is 749 g/mol. The van der Waals surface area contributed by atoms with Crippen molar-refractivity contribution in [2.45, 2.75) is 175 Å². The molecule has 0 radical (unpaired) electrons. The highest BCUT2D eigenvalue weighted by Gasteiger charge is 2.19. The maximum Gasteiger partial charge on any atom is 0.306 e. The molecular formula is C48H76O6. The largest absolute Gasteiger partial charge is 0.462 e. The number of ether oxygens (including phenoxy) is 3. The molecule has 0 saturated carbocycles. The molecule has 304 valence electrons. The Labute approximate surface area is 330 Å². The summed E-state index contributed by atoms with van der Waals surface area (Å²) in [6, 6.07) is 0. The highest BCUT2D eigenvalue weighted by atomic mass is 16.6. The van der Waals surface area contributed by atoms with Crippen LogP contribution in [0.4, 0.5) is 0 Å². The molecule has 0 saturated heterocycles. The molecular weight excluding hydrogens is 673 g/mol. The van der Waals surface area contributed by atoms with Gasteiger partial charge in [-0.15, -0.1) is 0 Å². The number of esters is 3. The van der Waals surface area contributed by atoms with Crippen molar-refractivity contribution in [3.63, 3.8) is 0 Å². The molecule has 6 nitrogen and oxygen atoms in total. The van der Waals surface area contributed by atoms with Gasteiger partial charge in [0.05, 0.1) is 0 Å². The van der Waals surface area contributed by atoms with Gasteiger partial charge in [-0.05, 0) is 64.2 Å². The Balaban J connectivity index is 4.49. The second-order valence-electron chi connectivity index (χ2n) is 13.6. The predicted octanol–water partition coefficient (Wildman–Crippen LogP) is 13.5. The van der Waals surface area contributed by atoms with E-state index in [0.29, 0.717) is 19.3 Å². The van der Waals surface area contributed by atoms with Crippen molar-refractivity contribution >= 4 is 17.9 Å². The second kappa shape index (κ2) is 42.1. The fourth-order valence-corrected chi connectivity index (χ4v) is 5.33. The lowest BCUT2D eigenvalue weighted by Crippen LogP contribution is -2.30. The van der Waals surface area contributed by atoms with Crippen LogP contribution in [-0.2, 0) is 28.6 Å². The quantitative estimate of drug-likeness (QED) is 0.0209. The molecule has 0 bridgehead atoms. The third-order valence-corrected chi connectivity index (χ3v) is 8.50. The number of rotatable bonds is 36. The third kappa shape index (κ3) is 39.5. The summed E-state index contributed by atoms with van der Waals surface area (Å²) in [5.74, 6) is -1.00. The van der Waals surface area contributed by atoms with Crippen LogP contribution < -0.4 is 0 Å². The van der Waals surface area contributed by atoms with Gasteiger partial charge in [0.15, 0.2) is 6.10 Å². The van der Waals surface area contributed by atoms with Crippen LogP contribution in [0.2, 0.25) is 0 Å². The van der Waals surface area contributed by atoms with Gasteiger partial charge in [0, 0.05) is 19.3 Å². The summed E-state index contributed by atoms with van der Waals surface area (Å²) in [5, 5.41) is 0. The second-order valence-corrected chi connectivity index (χ2v) is 13.6. The maximum absolute atomic E-state index is 12.6. The number of hydrogen-bond donors (Lipinski definition) is 0. The number of carbonyl (C=O) groups is 3. The predicted molar refractivity (Wildman–Crippen MR) is 228 cm³/mol. The smallest absolute Gasteiger partial charge is 0.306 e. The molecule has 0 heterocycles. The highest BCUT2D eigenvalue weighted by Crippen LogP contribution is 2.13. The first-order valence-electron chi connectivity index (χ1n) is 21.3. The van der Waals surface area contributed by atoms with E-state index in [-0.39, 0.29) is 31.1 Å². The van der Waals surface area contributed by atoms with Gasteiger partial charge in [0.2, 0.25) is 0 Å². The third-order valence-electron chi connectivity index (χ3n) is 8.50. The molecule has 0 aromatic carbocycles. The minimum absolute atomic E-state index is 0.110. The zero-order valence-corrected chi connectivity index (χ0v) is 34.4. The number of allylic oxidation sites excluding steroid dienone is 16. The topological polar surface area (TPSA) is 78.9 Å². The molecule has 1 atom stereocenters. The highest BCUT2D eigenvalue weighted by molar-refractivity contribution is 5.71. The summed E-state index contributed by atoms with van der Waals surface area (Å²) < 4.78 is 16.6. The lowest BCUT2D eigenvalue weighted by molar-refractivity contribution is -0.167. The number of hydrogen-bond acceptors (Lipinski definition) is 6. The minimum atomic E-state index is -0.804. The van der Waals surface area contributed by atoms with Crippen LogP contribution in [0.15, 0.2) is 97.2 Å². The van der Waals surface area contributed by atoms with E-state index in [4.69, 9.17) is 14.2 Å². The SMILES string of the molecule is CC\C=C/C=C\C=C/C=C\C=C\C=C/CCCCCC(=O)OCC(COC(=O)CCCC/C=C\C/C=C\CC)OC(=O)CCCCCCCCCCCC. The number of unbranched alkanes of at least 4 members (excludes halogenated alkanes) is 14. The summed E-state index contributed by atoms with van der Waals surface area (Å²) in [4.78, 5) is 37.5. The Bertz CT molecular complexity index is 1140. The van der Waals surface area contributed by atoms with Gasteiger partial charge in [-0.3, -0.25) is 14.4 Å². The van der Waals surface area contributed by atoms with Gasteiger partial charge in [-0.2, -0.15) is 0 Å². The van der Waals surface area contributed by atoms with Crippen LogP contribution in [0.25, 0.3) is 0 Å². The van der Waals surface area contributed by atoms with Gasteiger partial charge in [-0.1, -0.05) is 182 Å². The molecule has 0 aliphatic heterocycles. The van der Waals surface area contributed by atoms with Crippen LogP contribution in [0.5, 0.6) is 0 Å². The van der Waals surface area contributed by atoms with E-state index < -0.39 is 6.10 Å². The summed E-state index contributed by atoms with van der Waals surface area (Å²) in [5.41, 5.74) is 0. The Morgan fingerprint density at radius 2 is 0.815 bits per heavy atom. The van der Waals surface area contributed by atoms with Crippen molar-refractivity contribution in [1.82, 2.24) is 0 Å². The molecule has 0 aliphatic carbocycles. The first-order chi connectivity index (χ1) is 26.5. The van der Waals surface area contributed by atoms with E-state index in [2.05, 4.69) is 57.2 Å². The van der Waals surface area contributed by atoms with Gasteiger partial charge in [0.25, 0.3) is 0 Å². The summed E-state index contributed by atoms with van der Waals surface area (Å²) in [6.07, 6.45) is 54.0. The maximum atomic E-state index is 12.6. The first kappa shape index (κ1) is 50.3. The van der Waals surface area contributed by atoms with Crippen molar-refractivity contribution in [3.8, 4) is 0 Å². The van der Waals surface area contributed by atoms with Crippen molar-refractivity contribution < 1.29 is 28.6 Å². The average molecular weight is 749 g/mol. The molecule has 0 rings (SSSR count). The molecule has 0 amide bonds. The fourth-order valence-electron chi connectivity index (χ4n) is 5.33. The number of carbonyl (C=O) groups excluding carboxylic acids is 3.